The molecule has 1 N–H and O–H groups in total. The van der Waals surface area contributed by atoms with E-state index < -0.39 is 10.8 Å². The summed E-state index contributed by atoms with van der Waals surface area (Å²) in [7, 11) is 2.99. The number of carbonyl (C=O) groups is 1. The maximum absolute atomic E-state index is 12.6. The highest BCUT2D eigenvalue weighted by atomic mass is 16.6. The van der Waals surface area contributed by atoms with Crippen molar-refractivity contribution in [3.8, 4) is 11.5 Å². The number of benzene rings is 2. The molecule has 1 heterocycles. The maximum Gasteiger partial charge on any atom is 0.271 e. The number of furan rings is 1. The number of rotatable bonds is 6. The Labute approximate surface area is 173 Å². The van der Waals surface area contributed by atoms with E-state index in [1.54, 1.807) is 20.3 Å². The molecule has 0 saturated heterocycles. The van der Waals surface area contributed by atoms with Gasteiger partial charge in [0.05, 0.1) is 31.1 Å². The van der Waals surface area contributed by atoms with Crippen molar-refractivity contribution < 1.29 is 23.6 Å². The molecule has 0 saturated carbocycles. The molecule has 0 unspecified atom stereocenters. The Balaban J connectivity index is 1.98. The monoisotopic (exact) mass is 410 g/mol. The minimum absolute atomic E-state index is 0.148. The van der Waals surface area contributed by atoms with Crippen molar-refractivity contribution in [3.05, 3.63) is 63.4 Å². The van der Waals surface area contributed by atoms with Crippen LogP contribution in [0.2, 0.25) is 0 Å². The number of nitrogens with one attached hydrogen (secondary N) is 1. The number of carbonyl (C=O) groups excluding carboxylic acids is 1. The number of methoxy groups -OCH3 is 2. The average molecular weight is 410 g/mol. The Kier molecular flexibility index (Phi) is 5.77. The van der Waals surface area contributed by atoms with Gasteiger partial charge in [-0.3, -0.25) is 14.9 Å². The zero-order valence-electron chi connectivity index (χ0n) is 17.4. The van der Waals surface area contributed by atoms with E-state index in [-0.39, 0.29) is 11.4 Å². The van der Waals surface area contributed by atoms with Crippen LogP contribution in [-0.2, 0) is 4.79 Å². The van der Waals surface area contributed by atoms with E-state index in [1.165, 1.54) is 31.4 Å². The summed E-state index contributed by atoms with van der Waals surface area (Å²) < 4.78 is 16.4. The number of ether oxygens (including phenoxy) is 2. The second-order valence-electron chi connectivity index (χ2n) is 6.84. The predicted molar refractivity (Wildman–Crippen MR) is 114 cm³/mol. The lowest BCUT2D eigenvalue weighted by atomic mass is 9.98. The van der Waals surface area contributed by atoms with Crippen LogP contribution in [0.3, 0.4) is 0 Å². The zero-order valence-corrected chi connectivity index (χ0v) is 17.4. The smallest absolute Gasteiger partial charge is 0.271 e. The molecule has 3 rings (SSSR count). The van der Waals surface area contributed by atoms with E-state index in [9.17, 15) is 14.9 Å². The summed E-state index contributed by atoms with van der Waals surface area (Å²) in [4.78, 5) is 23.1. The number of fused-ring (bicyclic) bond motifs is 1. The second kappa shape index (κ2) is 8.28. The highest BCUT2D eigenvalue weighted by molar-refractivity contribution is 6.05. The number of hydrogen-bond donors (Lipinski definition) is 1. The lowest BCUT2D eigenvalue weighted by molar-refractivity contribution is -0.384. The molecule has 0 atom stereocenters. The lowest BCUT2D eigenvalue weighted by Gasteiger charge is -2.13. The molecule has 0 bridgehead atoms. The predicted octanol–water partition coefficient (Wildman–Crippen LogP) is 5.02. The van der Waals surface area contributed by atoms with Gasteiger partial charge >= 0.3 is 0 Å². The fourth-order valence-electron chi connectivity index (χ4n) is 3.34. The molecule has 3 aromatic rings. The first-order valence-corrected chi connectivity index (χ1v) is 9.14. The summed E-state index contributed by atoms with van der Waals surface area (Å²) in [6.07, 6.45) is 3.10. The van der Waals surface area contributed by atoms with Gasteiger partial charge in [-0.1, -0.05) is 0 Å². The number of hydrogen-bond acceptors (Lipinski definition) is 6. The third-order valence-electron chi connectivity index (χ3n) is 4.87. The molecule has 0 aliphatic carbocycles. The number of aryl methyl sites for hydroxylation is 2. The van der Waals surface area contributed by atoms with E-state index in [1.807, 2.05) is 19.9 Å². The molecule has 2 aromatic carbocycles. The number of allylic oxidation sites excluding steroid dienone is 1. The molecule has 0 aliphatic heterocycles. The molecule has 0 radical (unpaired) electrons. The SMILES string of the molecule is COc1ccc([N+](=O)[O-])cc1NC(=O)/C=C(\C)c1cc2c(C)coc2c(C)c1OC. The largest absolute Gasteiger partial charge is 0.496 e. The molecule has 1 amide bonds. The molecule has 0 spiro atoms. The normalized spacial score (nSPS) is 11.4. The van der Waals surface area contributed by atoms with Crippen LogP contribution in [0.1, 0.15) is 23.6 Å². The topological polar surface area (TPSA) is 104 Å². The first-order valence-electron chi connectivity index (χ1n) is 9.14. The van der Waals surface area contributed by atoms with E-state index in [0.717, 1.165) is 27.7 Å². The summed E-state index contributed by atoms with van der Waals surface area (Å²) in [5.41, 5.74) is 4.05. The van der Waals surface area contributed by atoms with Crippen LogP contribution in [0.5, 0.6) is 11.5 Å². The summed E-state index contributed by atoms with van der Waals surface area (Å²) in [5.74, 6) is 0.491. The van der Waals surface area contributed by atoms with Crippen molar-refractivity contribution in [2.75, 3.05) is 19.5 Å². The van der Waals surface area contributed by atoms with E-state index >= 15 is 0 Å². The second-order valence-corrected chi connectivity index (χ2v) is 6.84. The van der Waals surface area contributed by atoms with Gasteiger partial charge in [0.15, 0.2) is 0 Å². The molecule has 8 heteroatoms. The van der Waals surface area contributed by atoms with Gasteiger partial charge in [-0.25, -0.2) is 0 Å². The van der Waals surface area contributed by atoms with Crippen LogP contribution in [-0.4, -0.2) is 25.1 Å². The van der Waals surface area contributed by atoms with Crippen molar-refractivity contribution in [1.29, 1.82) is 0 Å². The number of non-ortho nitro benzene ring substituents is 1. The van der Waals surface area contributed by atoms with Crippen molar-refractivity contribution in [3.63, 3.8) is 0 Å². The third kappa shape index (κ3) is 3.84. The number of nitrogens with zero attached hydrogens (tertiary/aromatic N) is 1. The quantitative estimate of drug-likeness (QED) is 0.348. The first-order chi connectivity index (χ1) is 14.3. The molecule has 156 valence electrons. The van der Waals surface area contributed by atoms with Crippen LogP contribution >= 0.6 is 0 Å². The highest BCUT2D eigenvalue weighted by Crippen LogP contribution is 2.37. The number of amides is 1. The van der Waals surface area contributed by atoms with Crippen molar-refractivity contribution in [1.82, 2.24) is 0 Å². The van der Waals surface area contributed by atoms with Crippen LogP contribution in [0.25, 0.3) is 16.5 Å². The Morgan fingerprint density at radius 3 is 2.57 bits per heavy atom. The van der Waals surface area contributed by atoms with E-state index in [4.69, 9.17) is 13.9 Å². The summed E-state index contributed by atoms with van der Waals surface area (Å²) in [5, 5.41) is 14.6. The fourth-order valence-corrected chi connectivity index (χ4v) is 3.34. The molecule has 30 heavy (non-hydrogen) atoms. The molecular formula is C22H22N2O6. The standard InChI is InChI=1S/C22H22N2O6/c1-12(16-10-17-13(2)11-30-22(17)14(3)21(16)29-5)8-20(25)23-18-9-15(24(26)27)6-7-19(18)28-4/h6-11H,1-5H3,(H,23,25)/b12-8+. The highest BCUT2D eigenvalue weighted by Gasteiger charge is 2.18. The number of nitro benzene ring substituents is 1. The maximum atomic E-state index is 12.6. The van der Waals surface area contributed by atoms with Crippen molar-refractivity contribution in [2.45, 2.75) is 20.8 Å². The minimum Gasteiger partial charge on any atom is -0.496 e. The Morgan fingerprint density at radius 1 is 1.20 bits per heavy atom. The Hall–Kier alpha value is -3.81. The summed E-state index contributed by atoms with van der Waals surface area (Å²) in [6.45, 7) is 5.64. The summed E-state index contributed by atoms with van der Waals surface area (Å²) >= 11 is 0. The lowest BCUT2D eigenvalue weighted by Crippen LogP contribution is -2.10. The number of anilines is 1. The minimum atomic E-state index is -0.535. The summed E-state index contributed by atoms with van der Waals surface area (Å²) in [6, 6.07) is 5.93. The zero-order chi connectivity index (χ0) is 22.0. The van der Waals surface area contributed by atoms with Gasteiger partial charge in [0.2, 0.25) is 5.91 Å². The van der Waals surface area contributed by atoms with Gasteiger partial charge in [-0.05, 0) is 44.0 Å². The van der Waals surface area contributed by atoms with Crippen molar-refractivity contribution in [2.24, 2.45) is 0 Å². The van der Waals surface area contributed by atoms with Gasteiger partial charge in [0, 0.05) is 34.7 Å². The molecule has 0 aliphatic rings. The van der Waals surface area contributed by atoms with Gasteiger partial charge in [0.1, 0.15) is 17.1 Å². The van der Waals surface area contributed by atoms with Gasteiger partial charge in [-0.15, -0.1) is 0 Å². The van der Waals surface area contributed by atoms with Crippen LogP contribution < -0.4 is 14.8 Å². The van der Waals surface area contributed by atoms with Gasteiger partial charge in [-0.2, -0.15) is 0 Å². The first kappa shape index (κ1) is 20.9. The molecule has 8 nitrogen and oxygen atoms in total. The van der Waals surface area contributed by atoms with Crippen LogP contribution in [0, 0.1) is 24.0 Å². The van der Waals surface area contributed by atoms with E-state index in [0.29, 0.717) is 17.1 Å². The third-order valence-corrected chi connectivity index (χ3v) is 4.87. The molecule has 0 fully saturated rings. The van der Waals surface area contributed by atoms with Crippen LogP contribution in [0.15, 0.2) is 41.0 Å². The fraction of sp³-hybridized carbons (Fsp3) is 0.227. The Bertz CT molecular complexity index is 1180. The molecular weight excluding hydrogens is 388 g/mol. The number of nitro groups is 1. The van der Waals surface area contributed by atoms with Gasteiger partial charge in [0.25, 0.3) is 5.69 Å². The average Bonchev–Trinajstić information content (AvgIpc) is 3.08. The van der Waals surface area contributed by atoms with Crippen LogP contribution in [0.4, 0.5) is 11.4 Å². The van der Waals surface area contributed by atoms with E-state index in [2.05, 4.69) is 5.32 Å². The molecule has 1 aromatic heterocycles. The van der Waals surface area contributed by atoms with Crippen molar-refractivity contribution >= 4 is 33.8 Å². The van der Waals surface area contributed by atoms with Gasteiger partial charge < -0.3 is 19.2 Å². The Morgan fingerprint density at radius 2 is 1.93 bits per heavy atom.